The van der Waals surface area contributed by atoms with Crippen molar-refractivity contribution < 1.29 is 18.0 Å². The van der Waals surface area contributed by atoms with Crippen LogP contribution in [-0.2, 0) is 6.18 Å². The molecule has 0 aliphatic carbocycles. The van der Waals surface area contributed by atoms with Crippen molar-refractivity contribution >= 4 is 39.9 Å². The van der Waals surface area contributed by atoms with E-state index < -0.39 is 11.9 Å². The summed E-state index contributed by atoms with van der Waals surface area (Å²) in [6, 6.07) is 2.35. The number of fused-ring (bicyclic) bond motifs is 1. The lowest BCUT2D eigenvalue weighted by atomic mass is 10.1. The van der Waals surface area contributed by atoms with Crippen LogP contribution >= 0.6 is 23.7 Å². The largest absolute Gasteiger partial charge is 0.433 e. The molecule has 1 atom stereocenters. The maximum Gasteiger partial charge on any atom is 0.433 e. The van der Waals surface area contributed by atoms with Crippen molar-refractivity contribution in [1.29, 1.82) is 0 Å². The highest BCUT2D eigenvalue weighted by molar-refractivity contribution is 7.20. The summed E-state index contributed by atoms with van der Waals surface area (Å²) < 4.78 is 38.3. The van der Waals surface area contributed by atoms with E-state index in [1.807, 2.05) is 0 Å². The molecular formula is C15H17ClF3N3OS. The molecule has 1 aliphatic heterocycles. The van der Waals surface area contributed by atoms with Crippen molar-refractivity contribution in [3.63, 3.8) is 0 Å². The van der Waals surface area contributed by atoms with Gasteiger partial charge in [-0.3, -0.25) is 4.79 Å². The van der Waals surface area contributed by atoms with Crippen LogP contribution in [0, 0.1) is 6.92 Å². The van der Waals surface area contributed by atoms with Crippen LogP contribution in [-0.4, -0.2) is 34.9 Å². The molecule has 24 heavy (non-hydrogen) atoms. The lowest BCUT2D eigenvalue weighted by molar-refractivity contribution is -0.140. The minimum Gasteiger partial charge on any atom is -0.334 e. The first-order chi connectivity index (χ1) is 10.8. The number of thiophene rings is 1. The summed E-state index contributed by atoms with van der Waals surface area (Å²) in [5.41, 5.74) is 5.43. The van der Waals surface area contributed by atoms with Gasteiger partial charge in [0, 0.05) is 24.5 Å². The first kappa shape index (κ1) is 19.0. The summed E-state index contributed by atoms with van der Waals surface area (Å²) in [6.07, 6.45) is -2.73. The zero-order valence-electron chi connectivity index (χ0n) is 12.9. The van der Waals surface area contributed by atoms with Gasteiger partial charge in [0.15, 0.2) is 0 Å². The highest BCUT2D eigenvalue weighted by Gasteiger charge is 2.34. The van der Waals surface area contributed by atoms with Crippen LogP contribution in [0.3, 0.4) is 0 Å². The van der Waals surface area contributed by atoms with Crippen LogP contribution in [0.2, 0.25) is 0 Å². The number of nitrogens with zero attached hydrogens (tertiary/aromatic N) is 2. The summed E-state index contributed by atoms with van der Waals surface area (Å²) in [5, 5.41) is 0.592. The molecule has 132 valence electrons. The van der Waals surface area contributed by atoms with Gasteiger partial charge in [-0.15, -0.1) is 23.7 Å². The summed E-state index contributed by atoms with van der Waals surface area (Å²) >= 11 is 1.02. The molecule has 3 rings (SSSR count). The molecule has 1 amide bonds. The maximum atomic E-state index is 12.8. The lowest BCUT2D eigenvalue weighted by Gasteiger charge is -2.23. The van der Waals surface area contributed by atoms with Crippen LogP contribution in [0.5, 0.6) is 0 Å². The molecule has 1 unspecified atom stereocenters. The number of alkyl halides is 3. The van der Waals surface area contributed by atoms with E-state index in [0.29, 0.717) is 28.9 Å². The van der Waals surface area contributed by atoms with Gasteiger partial charge < -0.3 is 10.6 Å². The second-order valence-electron chi connectivity index (χ2n) is 5.63. The van der Waals surface area contributed by atoms with Gasteiger partial charge in [0.25, 0.3) is 5.91 Å². The molecule has 9 heteroatoms. The van der Waals surface area contributed by atoms with E-state index in [1.54, 1.807) is 11.8 Å². The number of carbonyl (C=O) groups excluding carboxylic acids is 1. The summed E-state index contributed by atoms with van der Waals surface area (Å²) in [6.45, 7) is 2.77. The Morgan fingerprint density at radius 2 is 2.17 bits per heavy atom. The molecule has 0 spiro atoms. The van der Waals surface area contributed by atoms with Gasteiger partial charge in [-0.25, -0.2) is 4.98 Å². The van der Waals surface area contributed by atoms with Gasteiger partial charge in [-0.2, -0.15) is 13.2 Å². The topological polar surface area (TPSA) is 59.2 Å². The van der Waals surface area contributed by atoms with E-state index in [9.17, 15) is 18.0 Å². The van der Waals surface area contributed by atoms with E-state index >= 15 is 0 Å². The zero-order valence-corrected chi connectivity index (χ0v) is 14.5. The van der Waals surface area contributed by atoms with E-state index in [1.165, 1.54) is 6.07 Å². The molecule has 0 radical (unpaired) electrons. The third-order valence-corrected chi connectivity index (χ3v) is 5.39. The fourth-order valence-electron chi connectivity index (χ4n) is 2.94. The summed E-state index contributed by atoms with van der Waals surface area (Å²) in [5.74, 6) is -0.160. The number of nitrogens with two attached hydrogens (primary N) is 1. The van der Waals surface area contributed by atoms with E-state index in [0.717, 1.165) is 30.2 Å². The molecule has 3 heterocycles. The minimum absolute atomic E-state index is 0. The zero-order chi connectivity index (χ0) is 16.8. The van der Waals surface area contributed by atoms with Crippen molar-refractivity contribution in [3.8, 4) is 0 Å². The Hall–Kier alpha value is -1.38. The van der Waals surface area contributed by atoms with Gasteiger partial charge in [-0.1, -0.05) is 0 Å². The average Bonchev–Trinajstić information content (AvgIpc) is 3.10. The number of halogens is 4. The quantitative estimate of drug-likeness (QED) is 0.867. The molecule has 0 aromatic carbocycles. The molecule has 0 bridgehead atoms. The van der Waals surface area contributed by atoms with Crippen LogP contribution in [0.25, 0.3) is 10.2 Å². The summed E-state index contributed by atoms with van der Waals surface area (Å²) in [4.78, 5) is 18.8. The number of amides is 1. The molecule has 1 fully saturated rings. The van der Waals surface area contributed by atoms with E-state index in [2.05, 4.69) is 4.98 Å². The SMILES string of the molecule is Cc1c(C(=O)N2CCCC2CN)sc2nc(C(F)(F)F)ccc12.Cl. The highest BCUT2D eigenvalue weighted by Crippen LogP contribution is 2.35. The number of hydrogen-bond acceptors (Lipinski definition) is 4. The molecule has 2 aromatic heterocycles. The number of carbonyl (C=O) groups is 1. The third-order valence-electron chi connectivity index (χ3n) is 4.20. The second-order valence-corrected chi connectivity index (χ2v) is 6.63. The van der Waals surface area contributed by atoms with Crippen molar-refractivity contribution in [2.45, 2.75) is 32.0 Å². The van der Waals surface area contributed by atoms with Gasteiger partial charge >= 0.3 is 6.18 Å². The first-order valence-electron chi connectivity index (χ1n) is 7.31. The Balaban J connectivity index is 0.00000208. The fraction of sp³-hybridized carbons (Fsp3) is 0.467. The van der Waals surface area contributed by atoms with Crippen molar-refractivity contribution in [3.05, 3.63) is 28.3 Å². The highest BCUT2D eigenvalue weighted by atomic mass is 35.5. The third kappa shape index (κ3) is 3.22. The van der Waals surface area contributed by atoms with Gasteiger partial charge in [-0.05, 0) is 37.5 Å². The number of aryl methyl sites for hydroxylation is 1. The summed E-state index contributed by atoms with van der Waals surface area (Å²) in [7, 11) is 0. The number of aromatic nitrogens is 1. The number of pyridine rings is 1. The van der Waals surface area contributed by atoms with Crippen LogP contribution in [0.15, 0.2) is 12.1 Å². The monoisotopic (exact) mass is 379 g/mol. The molecular weight excluding hydrogens is 363 g/mol. The lowest BCUT2D eigenvalue weighted by Crippen LogP contribution is -2.39. The second kappa shape index (κ2) is 6.85. The number of rotatable bonds is 2. The molecule has 0 saturated carbocycles. The Morgan fingerprint density at radius 3 is 2.79 bits per heavy atom. The van der Waals surface area contributed by atoms with E-state index in [4.69, 9.17) is 5.73 Å². The normalized spacial score (nSPS) is 18.0. The van der Waals surface area contributed by atoms with Crippen LogP contribution in [0.1, 0.15) is 33.8 Å². The molecule has 2 N–H and O–H groups in total. The number of likely N-dealkylation sites (tertiary alicyclic amines) is 1. The minimum atomic E-state index is -4.49. The van der Waals surface area contributed by atoms with Crippen molar-refractivity contribution in [2.24, 2.45) is 5.73 Å². The van der Waals surface area contributed by atoms with Gasteiger partial charge in [0.2, 0.25) is 0 Å². The van der Waals surface area contributed by atoms with E-state index in [-0.39, 0.29) is 29.2 Å². The van der Waals surface area contributed by atoms with Crippen molar-refractivity contribution in [2.75, 3.05) is 13.1 Å². The fourth-order valence-corrected chi connectivity index (χ4v) is 4.08. The predicted molar refractivity (Wildman–Crippen MR) is 89.7 cm³/mol. The number of hydrogen-bond donors (Lipinski definition) is 1. The molecule has 2 aromatic rings. The Bertz CT molecular complexity index is 762. The predicted octanol–water partition coefficient (Wildman–Crippen LogP) is 3.61. The van der Waals surface area contributed by atoms with Gasteiger partial charge in [0.1, 0.15) is 10.5 Å². The Morgan fingerprint density at radius 1 is 1.46 bits per heavy atom. The average molecular weight is 380 g/mol. The maximum absolute atomic E-state index is 12.8. The molecule has 4 nitrogen and oxygen atoms in total. The molecule has 1 saturated heterocycles. The smallest absolute Gasteiger partial charge is 0.334 e. The Kier molecular flexibility index (Phi) is 5.41. The van der Waals surface area contributed by atoms with Gasteiger partial charge in [0.05, 0.1) is 4.88 Å². The van der Waals surface area contributed by atoms with Crippen LogP contribution in [0.4, 0.5) is 13.2 Å². The first-order valence-corrected chi connectivity index (χ1v) is 8.13. The van der Waals surface area contributed by atoms with Crippen molar-refractivity contribution in [1.82, 2.24) is 9.88 Å². The molecule has 1 aliphatic rings. The standard InChI is InChI=1S/C15H16F3N3OS.ClH/c1-8-10-4-5-11(15(16,17)18)20-13(10)23-12(8)14(22)21-6-2-3-9(21)7-19;/h4-5,9H,2-3,6-7,19H2,1H3;1H. The Labute approximate surface area is 147 Å². The van der Waals surface area contributed by atoms with Crippen LogP contribution < -0.4 is 5.73 Å².